The summed E-state index contributed by atoms with van der Waals surface area (Å²) in [6.07, 6.45) is 3.17. The monoisotopic (exact) mass is 596 g/mol. The topological polar surface area (TPSA) is 108 Å². The second-order valence-electron chi connectivity index (χ2n) is 10.2. The Morgan fingerprint density at radius 2 is 1.74 bits per heavy atom. The number of ether oxygens (including phenoxy) is 2. The van der Waals surface area contributed by atoms with Crippen LogP contribution in [0.3, 0.4) is 0 Å². The molecule has 0 aliphatic carbocycles. The van der Waals surface area contributed by atoms with E-state index in [0.717, 1.165) is 29.0 Å². The highest BCUT2D eigenvalue weighted by Crippen LogP contribution is 2.29. The summed E-state index contributed by atoms with van der Waals surface area (Å²) in [4.78, 5) is 44.2. The molecule has 5 rings (SSSR count). The Labute approximate surface area is 253 Å². The van der Waals surface area contributed by atoms with Crippen molar-refractivity contribution in [2.24, 2.45) is 0 Å². The number of alkyl carbamates (subject to hydrolysis) is 1. The highest BCUT2D eigenvalue weighted by molar-refractivity contribution is 7.09. The van der Waals surface area contributed by atoms with Gasteiger partial charge in [0.2, 0.25) is 5.43 Å². The second-order valence-corrected chi connectivity index (χ2v) is 11.2. The molecule has 8 nitrogen and oxygen atoms in total. The molecule has 1 unspecified atom stereocenters. The molecule has 5 aromatic rings. The highest BCUT2D eigenvalue weighted by atomic mass is 32.1. The van der Waals surface area contributed by atoms with E-state index in [4.69, 9.17) is 13.9 Å². The van der Waals surface area contributed by atoms with Crippen LogP contribution in [0.5, 0.6) is 5.75 Å². The molecule has 0 saturated heterocycles. The number of unbranched alkanes of at least 4 members (excludes halogenated alkanes) is 1. The Morgan fingerprint density at radius 3 is 2.42 bits per heavy atom. The first-order valence-corrected chi connectivity index (χ1v) is 15.0. The fourth-order valence-electron chi connectivity index (χ4n) is 4.65. The molecule has 9 heteroatoms. The number of nitrogens with zero attached hydrogens (tertiary/aromatic N) is 1. The maximum atomic E-state index is 13.6. The molecule has 2 heterocycles. The lowest BCUT2D eigenvalue weighted by atomic mass is 10.0. The van der Waals surface area contributed by atoms with Crippen LogP contribution in [0, 0.1) is 6.92 Å². The Morgan fingerprint density at radius 1 is 1.02 bits per heavy atom. The van der Waals surface area contributed by atoms with E-state index in [0.29, 0.717) is 34.2 Å². The molecular weight excluding hydrogens is 564 g/mol. The molecule has 1 atom stereocenters. The number of carbonyl (C=O) groups is 2. The van der Waals surface area contributed by atoms with Crippen LogP contribution < -0.4 is 15.5 Å². The SMILES string of the molecule is CCCCc1cc2c(=O)c(-c3csc(C)n3)coc2cc1OC(=O)C(Cc1ccccc1)NC(=O)OCc1ccccc1. The minimum atomic E-state index is -1.03. The van der Waals surface area contributed by atoms with Crippen molar-refractivity contribution in [1.82, 2.24) is 10.3 Å². The van der Waals surface area contributed by atoms with Crippen molar-refractivity contribution < 1.29 is 23.5 Å². The van der Waals surface area contributed by atoms with Gasteiger partial charge in [0.25, 0.3) is 0 Å². The lowest BCUT2D eigenvalue weighted by Crippen LogP contribution is -2.44. The summed E-state index contributed by atoms with van der Waals surface area (Å²) in [5.74, 6) is -0.376. The van der Waals surface area contributed by atoms with E-state index >= 15 is 0 Å². The Hall–Kier alpha value is -4.76. The summed E-state index contributed by atoms with van der Waals surface area (Å²) in [5.41, 5.74) is 3.40. The van der Waals surface area contributed by atoms with Gasteiger partial charge in [0.05, 0.1) is 21.7 Å². The van der Waals surface area contributed by atoms with Crippen molar-refractivity contribution in [2.45, 2.75) is 52.2 Å². The molecule has 0 bridgehead atoms. The summed E-state index contributed by atoms with van der Waals surface area (Å²) in [5, 5.41) is 5.74. The van der Waals surface area contributed by atoms with Gasteiger partial charge in [-0.2, -0.15) is 0 Å². The van der Waals surface area contributed by atoms with Crippen LogP contribution >= 0.6 is 11.3 Å². The van der Waals surface area contributed by atoms with E-state index in [1.165, 1.54) is 17.6 Å². The Kier molecular flexibility index (Phi) is 9.63. The first-order chi connectivity index (χ1) is 20.9. The molecule has 1 amide bonds. The van der Waals surface area contributed by atoms with E-state index in [2.05, 4.69) is 17.2 Å². The molecule has 2 aromatic heterocycles. The van der Waals surface area contributed by atoms with Crippen molar-refractivity contribution in [3.05, 3.63) is 116 Å². The number of fused-ring (bicyclic) bond motifs is 1. The molecule has 3 aromatic carbocycles. The van der Waals surface area contributed by atoms with Crippen LogP contribution in [0.15, 0.2) is 93.7 Å². The number of aryl methyl sites for hydroxylation is 2. The van der Waals surface area contributed by atoms with Gasteiger partial charge in [-0.25, -0.2) is 14.6 Å². The van der Waals surface area contributed by atoms with Gasteiger partial charge in [-0.05, 0) is 42.5 Å². The third-order valence-corrected chi connectivity index (χ3v) is 7.71. The van der Waals surface area contributed by atoms with Gasteiger partial charge in [0.1, 0.15) is 30.2 Å². The van der Waals surface area contributed by atoms with E-state index in [-0.39, 0.29) is 24.2 Å². The molecule has 0 fully saturated rings. The van der Waals surface area contributed by atoms with Gasteiger partial charge in [-0.15, -0.1) is 11.3 Å². The van der Waals surface area contributed by atoms with E-state index in [1.54, 1.807) is 12.1 Å². The number of hydrogen-bond donors (Lipinski definition) is 1. The number of thiazole rings is 1. The smallest absolute Gasteiger partial charge is 0.408 e. The minimum Gasteiger partial charge on any atom is -0.463 e. The minimum absolute atomic E-state index is 0.0626. The summed E-state index contributed by atoms with van der Waals surface area (Å²) >= 11 is 1.46. The molecule has 220 valence electrons. The summed E-state index contributed by atoms with van der Waals surface area (Å²) in [6.45, 7) is 4.00. The molecule has 0 saturated carbocycles. The number of esters is 1. The van der Waals surface area contributed by atoms with Gasteiger partial charge >= 0.3 is 12.1 Å². The maximum Gasteiger partial charge on any atom is 0.408 e. The van der Waals surface area contributed by atoms with Crippen LogP contribution in [-0.2, 0) is 29.0 Å². The third-order valence-electron chi connectivity index (χ3n) is 6.93. The van der Waals surface area contributed by atoms with Crippen molar-refractivity contribution in [1.29, 1.82) is 0 Å². The second kappa shape index (κ2) is 13.9. The molecule has 1 N–H and O–H groups in total. The van der Waals surface area contributed by atoms with Crippen LogP contribution in [0.2, 0.25) is 0 Å². The summed E-state index contributed by atoms with van der Waals surface area (Å²) in [7, 11) is 0. The lowest BCUT2D eigenvalue weighted by Gasteiger charge is -2.19. The van der Waals surface area contributed by atoms with Crippen molar-refractivity contribution >= 4 is 34.4 Å². The zero-order valence-electron chi connectivity index (χ0n) is 24.0. The number of aromatic nitrogens is 1. The number of amides is 1. The van der Waals surface area contributed by atoms with Gasteiger partial charge in [0.15, 0.2) is 0 Å². The number of nitrogens with one attached hydrogen (secondary N) is 1. The van der Waals surface area contributed by atoms with Gasteiger partial charge in [0, 0.05) is 17.9 Å². The van der Waals surface area contributed by atoms with Crippen LogP contribution in [0.25, 0.3) is 22.2 Å². The fraction of sp³-hybridized carbons (Fsp3) is 0.235. The molecule has 0 radical (unpaired) electrons. The van der Waals surface area contributed by atoms with E-state index in [9.17, 15) is 14.4 Å². The van der Waals surface area contributed by atoms with Gasteiger partial charge in [-0.1, -0.05) is 74.0 Å². The van der Waals surface area contributed by atoms with Crippen LogP contribution in [-0.4, -0.2) is 23.1 Å². The fourth-order valence-corrected chi connectivity index (χ4v) is 5.27. The summed E-state index contributed by atoms with van der Waals surface area (Å²) in [6, 6.07) is 20.9. The predicted molar refractivity (Wildman–Crippen MR) is 166 cm³/mol. The zero-order valence-corrected chi connectivity index (χ0v) is 24.8. The normalized spacial score (nSPS) is 11.7. The van der Waals surface area contributed by atoms with Crippen LogP contribution in [0.4, 0.5) is 4.79 Å². The number of carbonyl (C=O) groups excluding carboxylic acids is 2. The molecule has 0 aliphatic rings. The first-order valence-electron chi connectivity index (χ1n) is 14.1. The first kappa shape index (κ1) is 29.7. The average molecular weight is 597 g/mol. The highest BCUT2D eigenvalue weighted by Gasteiger charge is 2.26. The molecule has 43 heavy (non-hydrogen) atoms. The largest absolute Gasteiger partial charge is 0.463 e. The van der Waals surface area contributed by atoms with Gasteiger partial charge < -0.3 is 19.2 Å². The number of rotatable bonds is 11. The maximum absolute atomic E-state index is 13.6. The lowest BCUT2D eigenvalue weighted by molar-refractivity contribution is -0.136. The van der Waals surface area contributed by atoms with E-state index in [1.807, 2.05) is 73.0 Å². The van der Waals surface area contributed by atoms with Gasteiger partial charge in [-0.3, -0.25) is 4.79 Å². The van der Waals surface area contributed by atoms with E-state index < -0.39 is 18.1 Å². The average Bonchev–Trinajstić information content (AvgIpc) is 3.45. The molecule has 0 aliphatic heterocycles. The number of benzene rings is 3. The third kappa shape index (κ3) is 7.55. The summed E-state index contributed by atoms with van der Waals surface area (Å²) < 4.78 is 17.2. The molecular formula is C34H32N2O6S. The van der Waals surface area contributed by atoms with Crippen molar-refractivity contribution in [3.8, 4) is 17.0 Å². The predicted octanol–water partition coefficient (Wildman–Crippen LogP) is 7.01. The standard InChI is InChI=1S/C34H32N2O6S/c1-3-4-15-25-17-26-31(40-20-27(32(26)37)29-21-43-22(2)35-29)18-30(25)42-33(38)28(16-23-11-7-5-8-12-23)36-34(39)41-19-24-13-9-6-10-14-24/h5-14,17-18,20-21,28H,3-4,15-16,19H2,1-2H3,(H,36,39). The molecule has 0 spiro atoms. The Balaban J connectivity index is 1.42. The number of hydrogen-bond acceptors (Lipinski definition) is 8. The Bertz CT molecular complexity index is 1760. The van der Waals surface area contributed by atoms with Crippen molar-refractivity contribution in [3.63, 3.8) is 0 Å². The zero-order chi connectivity index (χ0) is 30.2. The quantitative estimate of drug-likeness (QED) is 0.129. The van der Waals surface area contributed by atoms with Crippen LogP contribution in [0.1, 0.15) is 41.5 Å². The van der Waals surface area contributed by atoms with Crippen molar-refractivity contribution in [2.75, 3.05) is 0 Å².